The third-order valence-corrected chi connectivity index (χ3v) is 3.20. The van der Waals surface area contributed by atoms with Gasteiger partial charge in [-0.1, -0.05) is 0 Å². The molecule has 6 nitrogen and oxygen atoms in total. The smallest absolute Gasteiger partial charge is 0.182 e. The third-order valence-electron chi connectivity index (χ3n) is 2.60. The lowest BCUT2D eigenvalue weighted by Crippen LogP contribution is -1.97. The van der Waals surface area contributed by atoms with Gasteiger partial charge in [-0.15, -0.1) is 0 Å². The first kappa shape index (κ1) is 11.6. The number of aromatic nitrogens is 5. The molecule has 1 N–H and O–H groups in total. The molecule has 0 aliphatic rings. The van der Waals surface area contributed by atoms with Crippen molar-refractivity contribution < 1.29 is 5.11 Å². The molecule has 0 unspecified atom stereocenters. The maximum absolute atomic E-state index is 8.90. The molecule has 0 amide bonds. The summed E-state index contributed by atoms with van der Waals surface area (Å²) in [6.45, 7) is 0.122. The van der Waals surface area contributed by atoms with E-state index >= 15 is 0 Å². The van der Waals surface area contributed by atoms with Crippen LogP contribution in [-0.2, 0) is 6.42 Å². The molecule has 0 saturated carbocycles. The van der Waals surface area contributed by atoms with Crippen LogP contribution < -0.4 is 0 Å². The van der Waals surface area contributed by atoms with Gasteiger partial charge in [0.1, 0.15) is 9.39 Å². The Bertz CT molecular complexity index is 690. The van der Waals surface area contributed by atoms with E-state index in [2.05, 4.69) is 37.8 Å². The molecule has 3 aromatic rings. The van der Waals surface area contributed by atoms with Crippen LogP contribution >= 0.6 is 22.6 Å². The van der Waals surface area contributed by atoms with Crippen LogP contribution in [0.1, 0.15) is 5.56 Å². The molecular weight excluding hydrogens is 345 g/mol. The van der Waals surface area contributed by atoms with Crippen LogP contribution in [-0.4, -0.2) is 36.1 Å². The number of rotatable bonds is 3. The van der Waals surface area contributed by atoms with E-state index in [1.54, 1.807) is 21.6 Å². The molecule has 0 aliphatic carbocycles. The highest BCUT2D eigenvalue weighted by Crippen LogP contribution is 2.15. The van der Waals surface area contributed by atoms with Gasteiger partial charge in [-0.25, -0.2) is 14.2 Å². The average Bonchev–Trinajstić information content (AvgIpc) is 2.95. The second kappa shape index (κ2) is 4.65. The monoisotopic (exact) mass is 355 g/mol. The van der Waals surface area contributed by atoms with Crippen molar-refractivity contribution in [3.05, 3.63) is 40.1 Å². The maximum atomic E-state index is 8.90. The molecule has 0 radical (unpaired) electrons. The average molecular weight is 355 g/mol. The molecule has 3 aromatic heterocycles. The zero-order chi connectivity index (χ0) is 12.5. The highest BCUT2D eigenvalue weighted by atomic mass is 127. The summed E-state index contributed by atoms with van der Waals surface area (Å²) in [7, 11) is 0. The number of halogens is 1. The van der Waals surface area contributed by atoms with E-state index in [1.807, 2.05) is 18.5 Å². The van der Waals surface area contributed by atoms with Crippen LogP contribution in [0.4, 0.5) is 0 Å². The topological polar surface area (TPSA) is 68.2 Å². The van der Waals surface area contributed by atoms with Crippen LogP contribution in [0.15, 0.2) is 30.9 Å². The van der Waals surface area contributed by atoms with Crippen molar-refractivity contribution in [1.29, 1.82) is 0 Å². The van der Waals surface area contributed by atoms with E-state index in [9.17, 15) is 0 Å². The van der Waals surface area contributed by atoms with Gasteiger partial charge < -0.3 is 5.11 Å². The number of aliphatic hydroxyl groups excluding tert-OH is 1. The van der Waals surface area contributed by atoms with Gasteiger partial charge in [0, 0.05) is 19.0 Å². The minimum absolute atomic E-state index is 0.122. The summed E-state index contributed by atoms with van der Waals surface area (Å²) in [5.41, 5.74) is 2.58. The molecule has 0 aliphatic heterocycles. The van der Waals surface area contributed by atoms with Gasteiger partial charge in [-0.2, -0.15) is 10.2 Å². The summed E-state index contributed by atoms with van der Waals surface area (Å²) in [5, 5.41) is 17.4. The lowest BCUT2D eigenvalue weighted by atomic mass is 10.3. The van der Waals surface area contributed by atoms with Gasteiger partial charge in [0.05, 0.1) is 12.4 Å². The van der Waals surface area contributed by atoms with Gasteiger partial charge in [-0.05, 0) is 40.6 Å². The Morgan fingerprint density at radius 3 is 3.00 bits per heavy atom. The molecule has 0 spiro atoms. The molecule has 0 bridgehead atoms. The fourth-order valence-corrected chi connectivity index (χ4v) is 2.14. The summed E-state index contributed by atoms with van der Waals surface area (Å²) < 4.78 is 4.35. The van der Waals surface area contributed by atoms with E-state index in [4.69, 9.17) is 5.11 Å². The number of nitrogens with zero attached hydrogens (tertiary/aromatic N) is 5. The van der Waals surface area contributed by atoms with Crippen LogP contribution in [0.25, 0.3) is 11.3 Å². The van der Waals surface area contributed by atoms with Crippen molar-refractivity contribution in [3.63, 3.8) is 0 Å². The Labute approximate surface area is 116 Å². The Balaban J connectivity index is 2.09. The second-order valence-corrected chi connectivity index (χ2v) is 4.92. The zero-order valence-electron chi connectivity index (χ0n) is 9.36. The van der Waals surface area contributed by atoms with Gasteiger partial charge in [0.2, 0.25) is 0 Å². The van der Waals surface area contributed by atoms with Gasteiger partial charge >= 0.3 is 0 Å². The van der Waals surface area contributed by atoms with E-state index in [0.29, 0.717) is 6.42 Å². The highest BCUT2D eigenvalue weighted by molar-refractivity contribution is 14.1. The molecule has 0 fully saturated rings. The SMILES string of the molecule is OCCc1cnn(-c2cnn3ccc(I)nc23)c1. The summed E-state index contributed by atoms with van der Waals surface area (Å²) in [4.78, 5) is 4.44. The number of hydrogen-bond acceptors (Lipinski definition) is 4. The fourth-order valence-electron chi connectivity index (χ4n) is 1.75. The predicted molar refractivity (Wildman–Crippen MR) is 73.6 cm³/mol. The second-order valence-electron chi connectivity index (χ2n) is 3.82. The summed E-state index contributed by atoms with van der Waals surface area (Å²) >= 11 is 2.17. The number of hydrogen-bond donors (Lipinski definition) is 1. The Morgan fingerprint density at radius 1 is 1.28 bits per heavy atom. The molecular formula is C11H10IN5O. The van der Waals surface area contributed by atoms with Crippen LogP contribution in [0.5, 0.6) is 0 Å². The normalized spacial score (nSPS) is 11.2. The van der Waals surface area contributed by atoms with Gasteiger partial charge in [-0.3, -0.25) is 0 Å². The lowest BCUT2D eigenvalue weighted by Gasteiger charge is -1.98. The molecule has 0 aromatic carbocycles. The first-order valence-electron chi connectivity index (χ1n) is 5.42. The lowest BCUT2D eigenvalue weighted by molar-refractivity contribution is 0.299. The quantitative estimate of drug-likeness (QED) is 0.564. The van der Waals surface area contributed by atoms with Gasteiger partial charge in [0.25, 0.3) is 0 Å². The molecule has 7 heteroatoms. The number of aliphatic hydroxyl groups is 1. The maximum Gasteiger partial charge on any atom is 0.182 e. The molecule has 18 heavy (non-hydrogen) atoms. The van der Waals surface area contributed by atoms with Crippen LogP contribution in [0.3, 0.4) is 0 Å². The van der Waals surface area contributed by atoms with Crippen LogP contribution in [0, 0.1) is 3.70 Å². The first-order chi connectivity index (χ1) is 8.78. The van der Waals surface area contributed by atoms with Crippen molar-refractivity contribution in [3.8, 4) is 5.69 Å². The fraction of sp³-hybridized carbons (Fsp3) is 0.182. The zero-order valence-corrected chi connectivity index (χ0v) is 11.5. The Morgan fingerprint density at radius 2 is 2.17 bits per heavy atom. The third kappa shape index (κ3) is 1.99. The predicted octanol–water partition coefficient (Wildman–Crippen LogP) is 1.05. The van der Waals surface area contributed by atoms with Crippen molar-refractivity contribution in [2.75, 3.05) is 6.61 Å². The van der Waals surface area contributed by atoms with Crippen molar-refractivity contribution in [2.45, 2.75) is 6.42 Å². The molecule has 92 valence electrons. The van der Waals surface area contributed by atoms with Crippen LogP contribution in [0.2, 0.25) is 0 Å². The van der Waals surface area contributed by atoms with E-state index in [1.165, 1.54) is 0 Å². The summed E-state index contributed by atoms with van der Waals surface area (Å²) in [6, 6.07) is 1.89. The van der Waals surface area contributed by atoms with Crippen molar-refractivity contribution in [1.82, 2.24) is 24.4 Å². The molecule has 3 rings (SSSR count). The Hall–Kier alpha value is -1.48. The molecule has 3 heterocycles. The first-order valence-corrected chi connectivity index (χ1v) is 6.50. The largest absolute Gasteiger partial charge is 0.396 e. The number of fused-ring (bicyclic) bond motifs is 1. The van der Waals surface area contributed by atoms with E-state index < -0.39 is 0 Å². The van der Waals surface area contributed by atoms with Gasteiger partial charge in [0.15, 0.2) is 5.65 Å². The van der Waals surface area contributed by atoms with Crippen molar-refractivity contribution >= 4 is 28.2 Å². The van der Waals surface area contributed by atoms with E-state index in [0.717, 1.165) is 20.6 Å². The molecule has 0 saturated heterocycles. The standard InChI is InChI=1S/C11H10IN5O/c12-10-1-3-16-11(15-10)9(6-14-16)17-7-8(2-4-18)5-13-17/h1,3,5-7,18H,2,4H2. The van der Waals surface area contributed by atoms with E-state index in [-0.39, 0.29) is 6.61 Å². The van der Waals surface area contributed by atoms with Crippen molar-refractivity contribution in [2.24, 2.45) is 0 Å². The highest BCUT2D eigenvalue weighted by Gasteiger charge is 2.09. The minimum atomic E-state index is 0.122. The minimum Gasteiger partial charge on any atom is -0.396 e. The Kier molecular flexibility index (Phi) is 3.00. The summed E-state index contributed by atoms with van der Waals surface area (Å²) in [5.74, 6) is 0. The summed E-state index contributed by atoms with van der Waals surface area (Å²) in [6.07, 6.45) is 7.83. The molecule has 0 atom stereocenters.